The molecule has 12 heavy (non-hydrogen) atoms. The van der Waals surface area contributed by atoms with Crippen molar-refractivity contribution in [3.8, 4) is 0 Å². The van der Waals surface area contributed by atoms with Crippen molar-refractivity contribution in [1.82, 2.24) is 5.32 Å². The van der Waals surface area contributed by atoms with E-state index in [2.05, 4.69) is 24.2 Å². The quantitative estimate of drug-likeness (QED) is 0.664. The first-order valence-corrected chi connectivity index (χ1v) is 4.38. The lowest BCUT2D eigenvalue weighted by atomic mass is 10.1. The van der Waals surface area contributed by atoms with Gasteiger partial charge in [-0.2, -0.15) is 0 Å². The second-order valence-corrected chi connectivity index (χ2v) is 3.82. The number of aliphatic imine (C=N–C) groups is 1. The van der Waals surface area contributed by atoms with Crippen LogP contribution in [0, 0.1) is 5.92 Å². The zero-order valence-electron chi connectivity index (χ0n) is 8.14. The SMILES string of the molecule is CCC(C)C1=NC(C)(C)C(=O)N1. The number of hydrogen-bond donors (Lipinski definition) is 1. The molecule has 0 aliphatic carbocycles. The van der Waals surface area contributed by atoms with Crippen LogP contribution in [0.4, 0.5) is 0 Å². The van der Waals surface area contributed by atoms with Crippen LogP contribution < -0.4 is 5.32 Å². The van der Waals surface area contributed by atoms with Gasteiger partial charge in [-0.05, 0) is 20.3 Å². The number of hydrogen-bond acceptors (Lipinski definition) is 2. The van der Waals surface area contributed by atoms with E-state index in [0.29, 0.717) is 5.92 Å². The Morgan fingerprint density at radius 3 is 2.50 bits per heavy atom. The summed E-state index contributed by atoms with van der Waals surface area (Å²) in [5, 5.41) is 2.81. The number of nitrogens with one attached hydrogen (secondary N) is 1. The molecule has 1 N–H and O–H groups in total. The summed E-state index contributed by atoms with van der Waals surface area (Å²) in [7, 11) is 0. The van der Waals surface area contributed by atoms with Gasteiger partial charge in [-0.25, -0.2) is 0 Å². The van der Waals surface area contributed by atoms with Crippen LogP contribution in [0.1, 0.15) is 34.1 Å². The topological polar surface area (TPSA) is 41.5 Å². The van der Waals surface area contributed by atoms with E-state index >= 15 is 0 Å². The van der Waals surface area contributed by atoms with Crippen LogP contribution >= 0.6 is 0 Å². The first kappa shape index (κ1) is 9.23. The van der Waals surface area contributed by atoms with Crippen molar-refractivity contribution < 1.29 is 4.79 Å². The normalized spacial score (nSPS) is 23.3. The van der Waals surface area contributed by atoms with Gasteiger partial charge in [0.15, 0.2) is 0 Å². The van der Waals surface area contributed by atoms with Crippen molar-refractivity contribution in [2.45, 2.75) is 39.7 Å². The third-order valence-electron chi connectivity index (χ3n) is 2.28. The van der Waals surface area contributed by atoms with E-state index in [4.69, 9.17) is 0 Å². The lowest BCUT2D eigenvalue weighted by Gasteiger charge is -2.07. The molecule has 0 fully saturated rings. The average molecular weight is 168 g/mol. The highest BCUT2D eigenvalue weighted by molar-refractivity contribution is 6.08. The van der Waals surface area contributed by atoms with E-state index in [1.807, 2.05) is 13.8 Å². The van der Waals surface area contributed by atoms with E-state index in [-0.39, 0.29) is 5.91 Å². The number of amides is 1. The van der Waals surface area contributed by atoms with E-state index in [9.17, 15) is 4.79 Å². The summed E-state index contributed by atoms with van der Waals surface area (Å²) in [6.45, 7) is 7.82. The Morgan fingerprint density at radius 1 is 1.58 bits per heavy atom. The highest BCUT2D eigenvalue weighted by Crippen LogP contribution is 2.18. The molecule has 0 saturated carbocycles. The van der Waals surface area contributed by atoms with Gasteiger partial charge in [-0.1, -0.05) is 13.8 Å². The Kier molecular flexibility index (Phi) is 2.22. The van der Waals surface area contributed by atoms with Crippen LogP contribution in [0.2, 0.25) is 0 Å². The minimum absolute atomic E-state index is 0.0119. The molecule has 3 nitrogen and oxygen atoms in total. The predicted molar refractivity (Wildman–Crippen MR) is 49.1 cm³/mol. The predicted octanol–water partition coefficient (Wildman–Crippen LogP) is 1.34. The van der Waals surface area contributed by atoms with Gasteiger partial charge in [-0.15, -0.1) is 0 Å². The number of carbonyl (C=O) groups excluding carboxylic acids is 1. The summed E-state index contributed by atoms with van der Waals surface area (Å²) in [5.74, 6) is 1.21. The summed E-state index contributed by atoms with van der Waals surface area (Å²) < 4.78 is 0. The number of amidine groups is 1. The fraction of sp³-hybridized carbons (Fsp3) is 0.778. The van der Waals surface area contributed by atoms with Crippen LogP contribution in [0.5, 0.6) is 0 Å². The molecule has 1 amide bonds. The Bertz CT molecular complexity index is 231. The molecule has 3 heteroatoms. The standard InChI is InChI=1S/C9H16N2O/c1-5-6(2)7-10-8(12)9(3,4)11-7/h6H,5H2,1-4H3,(H,10,11,12). The fourth-order valence-electron chi connectivity index (χ4n) is 1.08. The molecular weight excluding hydrogens is 152 g/mol. The van der Waals surface area contributed by atoms with Crippen molar-refractivity contribution in [2.24, 2.45) is 10.9 Å². The van der Waals surface area contributed by atoms with E-state index in [1.54, 1.807) is 0 Å². The maximum atomic E-state index is 11.3. The van der Waals surface area contributed by atoms with Crippen LogP contribution in [0.3, 0.4) is 0 Å². The van der Waals surface area contributed by atoms with Crippen LogP contribution in [-0.4, -0.2) is 17.3 Å². The van der Waals surface area contributed by atoms with E-state index < -0.39 is 5.54 Å². The van der Waals surface area contributed by atoms with Crippen LogP contribution in [0.25, 0.3) is 0 Å². The largest absolute Gasteiger partial charge is 0.312 e. The lowest BCUT2D eigenvalue weighted by Crippen LogP contribution is -2.35. The lowest BCUT2D eigenvalue weighted by molar-refractivity contribution is -0.122. The molecule has 1 aliphatic rings. The highest BCUT2D eigenvalue weighted by atomic mass is 16.2. The number of nitrogens with zero attached hydrogens (tertiary/aromatic N) is 1. The number of rotatable bonds is 2. The van der Waals surface area contributed by atoms with Gasteiger partial charge in [0.05, 0.1) is 0 Å². The molecular formula is C9H16N2O. The van der Waals surface area contributed by atoms with E-state index in [0.717, 1.165) is 12.3 Å². The van der Waals surface area contributed by atoms with Crippen molar-refractivity contribution in [3.05, 3.63) is 0 Å². The zero-order valence-corrected chi connectivity index (χ0v) is 8.14. The Morgan fingerprint density at radius 2 is 2.17 bits per heavy atom. The molecule has 68 valence electrons. The van der Waals surface area contributed by atoms with Crippen LogP contribution in [0.15, 0.2) is 4.99 Å². The summed E-state index contributed by atoms with van der Waals surface area (Å²) >= 11 is 0. The minimum atomic E-state index is -0.557. The molecule has 1 atom stereocenters. The van der Waals surface area contributed by atoms with Gasteiger partial charge in [0, 0.05) is 5.92 Å². The van der Waals surface area contributed by atoms with Gasteiger partial charge in [0.1, 0.15) is 11.4 Å². The third kappa shape index (κ3) is 1.49. The van der Waals surface area contributed by atoms with Crippen molar-refractivity contribution >= 4 is 11.7 Å². The Balaban J connectivity index is 2.79. The highest BCUT2D eigenvalue weighted by Gasteiger charge is 2.35. The zero-order chi connectivity index (χ0) is 9.35. The first-order valence-electron chi connectivity index (χ1n) is 4.38. The smallest absolute Gasteiger partial charge is 0.252 e. The van der Waals surface area contributed by atoms with Gasteiger partial charge in [0.2, 0.25) is 0 Å². The molecule has 0 aromatic carbocycles. The van der Waals surface area contributed by atoms with Gasteiger partial charge in [-0.3, -0.25) is 9.79 Å². The van der Waals surface area contributed by atoms with Crippen molar-refractivity contribution in [2.75, 3.05) is 0 Å². The molecule has 1 heterocycles. The summed E-state index contributed by atoms with van der Waals surface area (Å²) in [4.78, 5) is 15.6. The average Bonchev–Trinajstić information content (AvgIpc) is 2.25. The maximum Gasteiger partial charge on any atom is 0.252 e. The first-order chi connectivity index (χ1) is 5.47. The van der Waals surface area contributed by atoms with Gasteiger partial charge < -0.3 is 5.32 Å². The molecule has 1 rings (SSSR count). The fourth-order valence-corrected chi connectivity index (χ4v) is 1.08. The minimum Gasteiger partial charge on any atom is -0.312 e. The molecule has 0 bridgehead atoms. The third-order valence-corrected chi connectivity index (χ3v) is 2.28. The van der Waals surface area contributed by atoms with Crippen LogP contribution in [-0.2, 0) is 4.79 Å². The van der Waals surface area contributed by atoms with Gasteiger partial charge in [0.25, 0.3) is 5.91 Å². The van der Waals surface area contributed by atoms with Gasteiger partial charge >= 0.3 is 0 Å². The second-order valence-electron chi connectivity index (χ2n) is 3.82. The second kappa shape index (κ2) is 2.88. The summed E-state index contributed by atoms with van der Waals surface area (Å²) in [6.07, 6.45) is 1.01. The van der Waals surface area contributed by atoms with Crippen molar-refractivity contribution in [1.29, 1.82) is 0 Å². The number of carbonyl (C=O) groups is 1. The Hall–Kier alpha value is -0.860. The molecule has 1 unspecified atom stereocenters. The monoisotopic (exact) mass is 168 g/mol. The molecule has 0 aromatic rings. The van der Waals surface area contributed by atoms with E-state index in [1.165, 1.54) is 0 Å². The summed E-state index contributed by atoms with van der Waals surface area (Å²) in [6, 6.07) is 0. The molecule has 0 saturated heterocycles. The maximum absolute atomic E-state index is 11.3. The Labute approximate surface area is 73.3 Å². The molecule has 0 aromatic heterocycles. The van der Waals surface area contributed by atoms with Crippen molar-refractivity contribution in [3.63, 3.8) is 0 Å². The summed E-state index contributed by atoms with van der Waals surface area (Å²) in [5.41, 5.74) is -0.557. The molecule has 0 radical (unpaired) electrons. The molecule has 0 spiro atoms. The molecule has 1 aliphatic heterocycles.